The van der Waals surface area contributed by atoms with Crippen LogP contribution in [0.25, 0.3) is 0 Å². The number of carbonyl (C=O) groups excluding carboxylic acids is 2. The highest BCUT2D eigenvalue weighted by molar-refractivity contribution is 5.91. The Hall–Kier alpha value is -1.83. The highest BCUT2D eigenvalue weighted by Crippen LogP contribution is 2.65. The third kappa shape index (κ3) is 4.26. The van der Waals surface area contributed by atoms with Gasteiger partial charge in [-0.15, -0.1) is 0 Å². The summed E-state index contributed by atoms with van der Waals surface area (Å²) in [6, 6.07) is -1.85. The topological polar surface area (TPSA) is 105 Å². The third-order valence-corrected chi connectivity index (χ3v) is 5.95. The van der Waals surface area contributed by atoms with E-state index >= 15 is 0 Å². The molecule has 8 nitrogen and oxygen atoms in total. The first-order chi connectivity index (χ1) is 12.6. The van der Waals surface area contributed by atoms with Crippen molar-refractivity contribution in [3.8, 4) is 0 Å². The van der Waals surface area contributed by atoms with Crippen molar-refractivity contribution in [2.45, 2.75) is 66.2 Å². The molecular weight excluding hydrogens is 364 g/mol. The van der Waals surface area contributed by atoms with Gasteiger partial charge in [0, 0.05) is 25.0 Å². The zero-order chi connectivity index (χ0) is 21.7. The monoisotopic (exact) mass is 398 g/mol. The second kappa shape index (κ2) is 7.21. The van der Waals surface area contributed by atoms with Crippen LogP contribution < -0.4 is 5.32 Å². The van der Waals surface area contributed by atoms with E-state index in [4.69, 9.17) is 9.47 Å². The first-order valence-corrected chi connectivity index (χ1v) is 9.65. The molecule has 0 aromatic heterocycles. The Labute approximate surface area is 166 Å². The smallest absolute Gasteiger partial charge is 0.408 e. The molecule has 0 bridgehead atoms. The van der Waals surface area contributed by atoms with Crippen LogP contribution in [0.3, 0.4) is 0 Å². The Morgan fingerprint density at radius 1 is 1.21 bits per heavy atom. The van der Waals surface area contributed by atoms with Crippen LogP contribution in [0.5, 0.6) is 0 Å². The zero-order valence-corrected chi connectivity index (χ0v) is 18.2. The van der Waals surface area contributed by atoms with Gasteiger partial charge in [-0.05, 0) is 32.1 Å². The lowest BCUT2D eigenvalue weighted by atomic mass is 9.83. The number of likely N-dealkylation sites (tertiary alicyclic amines) is 1. The van der Waals surface area contributed by atoms with Gasteiger partial charge in [0.2, 0.25) is 5.91 Å². The van der Waals surface area contributed by atoms with Gasteiger partial charge >= 0.3 is 12.1 Å². The number of nitrogens with one attached hydrogen (secondary N) is 1. The molecule has 0 radical (unpaired) electrons. The summed E-state index contributed by atoms with van der Waals surface area (Å²) in [6.45, 7) is 13.5. The van der Waals surface area contributed by atoms with Crippen LogP contribution in [0.1, 0.15) is 48.5 Å². The summed E-state index contributed by atoms with van der Waals surface area (Å²) in [5.74, 6) is -1.33. The summed E-state index contributed by atoms with van der Waals surface area (Å²) in [5, 5.41) is 12.4. The molecule has 28 heavy (non-hydrogen) atoms. The molecule has 4 atom stereocenters. The second-order valence-corrected chi connectivity index (χ2v) is 10.2. The highest BCUT2D eigenvalue weighted by Gasteiger charge is 2.70. The van der Waals surface area contributed by atoms with Gasteiger partial charge in [0.05, 0.1) is 6.61 Å². The van der Waals surface area contributed by atoms with Crippen LogP contribution in [0.15, 0.2) is 0 Å². The van der Waals surface area contributed by atoms with Gasteiger partial charge in [-0.3, -0.25) is 4.79 Å². The molecule has 1 aliphatic heterocycles. The van der Waals surface area contributed by atoms with E-state index in [0.717, 1.165) is 0 Å². The summed E-state index contributed by atoms with van der Waals surface area (Å²) < 4.78 is 10.6. The van der Waals surface area contributed by atoms with E-state index in [9.17, 15) is 19.5 Å². The maximum Gasteiger partial charge on any atom is 0.408 e. The van der Waals surface area contributed by atoms with Gasteiger partial charge in [0.1, 0.15) is 17.7 Å². The Kier molecular flexibility index (Phi) is 5.78. The van der Waals surface area contributed by atoms with E-state index < -0.39 is 41.1 Å². The largest absolute Gasteiger partial charge is 0.480 e. The molecule has 8 heteroatoms. The van der Waals surface area contributed by atoms with Crippen LogP contribution in [0.4, 0.5) is 4.79 Å². The van der Waals surface area contributed by atoms with E-state index in [1.165, 1.54) is 12.0 Å². The number of amides is 2. The SMILES string of the molecule is COCC(C)(C)C(NC(=O)OC(C)(C)C)C(=O)N1C[C@H]2[C@@H]([C@H]1C(=O)O)C2(C)C. The first kappa shape index (κ1) is 22.5. The number of nitrogens with zero attached hydrogens (tertiary/aromatic N) is 1. The number of ether oxygens (including phenoxy) is 2. The van der Waals surface area contributed by atoms with Crippen molar-refractivity contribution >= 4 is 18.0 Å². The number of alkyl carbamates (subject to hydrolysis) is 1. The molecule has 2 fully saturated rings. The fraction of sp³-hybridized carbons (Fsp3) is 0.850. The van der Waals surface area contributed by atoms with E-state index in [1.54, 1.807) is 34.6 Å². The summed E-state index contributed by atoms with van der Waals surface area (Å²) >= 11 is 0. The number of fused-ring (bicyclic) bond motifs is 1. The summed E-state index contributed by atoms with van der Waals surface area (Å²) in [6.07, 6.45) is -0.716. The summed E-state index contributed by atoms with van der Waals surface area (Å²) in [7, 11) is 1.52. The normalized spacial score (nSPS) is 27.0. The molecule has 1 unspecified atom stereocenters. The molecule has 2 N–H and O–H groups in total. The fourth-order valence-electron chi connectivity index (χ4n) is 4.43. The predicted octanol–water partition coefficient (Wildman–Crippen LogP) is 2.12. The number of methoxy groups -OCH3 is 1. The van der Waals surface area contributed by atoms with E-state index in [0.29, 0.717) is 6.54 Å². The summed E-state index contributed by atoms with van der Waals surface area (Å²) in [5.41, 5.74) is -1.56. The van der Waals surface area contributed by atoms with E-state index in [-0.39, 0.29) is 23.9 Å². The average molecular weight is 399 g/mol. The van der Waals surface area contributed by atoms with Gasteiger partial charge < -0.3 is 24.8 Å². The maximum absolute atomic E-state index is 13.4. The molecule has 1 saturated carbocycles. The number of carbonyl (C=O) groups is 3. The predicted molar refractivity (Wildman–Crippen MR) is 103 cm³/mol. The van der Waals surface area contributed by atoms with Crippen molar-refractivity contribution in [3.63, 3.8) is 0 Å². The van der Waals surface area contributed by atoms with Crippen molar-refractivity contribution in [1.29, 1.82) is 0 Å². The van der Waals surface area contributed by atoms with Crippen LogP contribution in [-0.2, 0) is 19.1 Å². The molecule has 160 valence electrons. The Morgan fingerprint density at radius 3 is 2.25 bits per heavy atom. The number of hydrogen-bond donors (Lipinski definition) is 2. The molecule has 0 aromatic carbocycles. The maximum atomic E-state index is 13.4. The third-order valence-electron chi connectivity index (χ3n) is 5.95. The van der Waals surface area contributed by atoms with Crippen LogP contribution >= 0.6 is 0 Å². The molecule has 1 saturated heterocycles. The van der Waals surface area contributed by atoms with Crippen LogP contribution in [-0.4, -0.2) is 65.9 Å². The summed E-state index contributed by atoms with van der Waals surface area (Å²) in [4.78, 5) is 39.1. The Morgan fingerprint density at radius 2 is 1.79 bits per heavy atom. The van der Waals surface area contributed by atoms with Crippen molar-refractivity contribution in [2.75, 3.05) is 20.3 Å². The molecule has 2 rings (SSSR count). The molecule has 2 aliphatic rings. The van der Waals surface area contributed by atoms with Gasteiger partial charge in [0.25, 0.3) is 0 Å². The molecule has 2 amide bonds. The van der Waals surface area contributed by atoms with Gasteiger partial charge in [-0.2, -0.15) is 0 Å². The van der Waals surface area contributed by atoms with Crippen molar-refractivity contribution in [3.05, 3.63) is 0 Å². The van der Waals surface area contributed by atoms with Crippen LogP contribution in [0.2, 0.25) is 0 Å². The van der Waals surface area contributed by atoms with E-state index in [1.807, 2.05) is 13.8 Å². The van der Waals surface area contributed by atoms with Gasteiger partial charge in [-0.25, -0.2) is 9.59 Å². The zero-order valence-electron chi connectivity index (χ0n) is 18.2. The number of carboxylic acid groups (broad SMARTS) is 1. The standard InChI is InChI=1S/C20H34N2O6/c1-18(2,3)28-17(26)21-14(19(4,5)10-27-8)15(23)22-9-11-12(20(11,6)7)13(22)16(24)25/h11-14H,9-10H2,1-8H3,(H,21,26)(H,24,25)/t11-,12-,13-,14?/m0/s1. The molecule has 0 spiro atoms. The fourth-order valence-corrected chi connectivity index (χ4v) is 4.43. The number of hydrogen-bond acceptors (Lipinski definition) is 5. The quantitative estimate of drug-likeness (QED) is 0.710. The lowest BCUT2D eigenvalue weighted by molar-refractivity contribution is -0.152. The van der Waals surface area contributed by atoms with E-state index in [2.05, 4.69) is 5.32 Å². The number of carboxylic acids is 1. The van der Waals surface area contributed by atoms with Crippen molar-refractivity contribution in [2.24, 2.45) is 22.7 Å². The first-order valence-electron chi connectivity index (χ1n) is 9.65. The Bertz CT molecular complexity index is 652. The second-order valence-electron chi connectivity index (χ2n) is 10.2. The molecule has 1 heterocycles. The number of piperidine rings is 1. The minimum Gasteiger partial charge on any atom is -0.480 e. The van der Waals surface area contributed by atoms with Gasteiger partial charge in [-0.1, -0.05) is 27.7 Å². The lowest BCUT2D eigenvalue weighted by Gasteiger charge is -2.38. The van der Waals surface area contributed by atoms with Crippen molar-refractivity contribution < 1.29 is 29.0 Å². The molecule has 1 aliphatic carbocycles. The number of rotatable bonds is 6. The minimum atomic E-state index is -1.01. The lowest BCUT2D eigenvalue weighted by Crippen LogP contribution is -2.60. The Balaban J connectivity index is 2.26. The molecular formula is C20H34N2O6. The van der Waals surface area contributed by atoms with Crippen LogP contribution in [0, 0.1) is 22.7 Å². The molecule has 0 aromatic rings. The van der Waals surface area contributed by atoms with Gasteiger partial charge in [0.15, 0.2) is 0 Å². The average Bonchev–Trinajstić information content (AvgIpc) is 2.89. The van der Waals surface area contributed by atoms with Crippen molar-refractivity contribution in [1.82, 2.24) is 10.2 Å². The highest BCUT2D eigenvalue weighted by atomic mass is 16.6. The minimum absolute atomic E-state index is 0.0679. The number of aliphatic carboxylic acids is 1.